The van der Waals surface area contributed by atoms with Crippen molar-refractivity contribution in [3.8, 4) is 11.5 Å². The standard InChI is InChI=1S/C38H62OS2/c1-5-7-9-11-13-15-17-19-21-23-27-33-29-25-31-35(37(33)40-3)39-36-32-26-30-34(38(36)41-4)28-24-22-20-18-16-14-12-10-8-6-2/h25-26,29-32H,5-24,27-28H2,1-4H3. The molecule has 0 unspecified atom stereocenters. The summed E-state index contributed by atoms with van der Waals surface area (Å²) in [7, 11) is 0. The fourth-order valence-corrected chi connectivity index (χ4v) is 7.35. The number of hydrogen-bond donors (Lipinski definition) is 0. The largest absolute Gasteiger partial charge is 0.455 e. The van der Waals surface area contributed by atoms with Gasteiger partial charge < -0.3 is 4.74 Å². The van der Waals surface area contributed by atoms with E-state index in [9.17, 15) is 0 Å². The fraction of sp³-hybridized carbons (Fsp3) is 0.684. The summed E-state index contributed by atoms with van der Waals surface area (Å²) in [4.78, 5) is 2.63. The van der Waals surface area contributed by atoms with Crippen LogP contribution in [0.3, 0.4) is 0 Å². The monoisotopic (exact) mass is 598 g/mol. The van der Waals surface area contributed by atoms with E-state index in [0.717, 1.165) is 24.3 Å². The zero-order valence-corrected chi connectivity index (χ0v) is 28.9. The first-order chi connectivity index (χ1) is 20.2. The molecule has 1 nitrogen and oxygen atoms in total. The molecule has 0 aliphatic carbocycles. The predicted molar refractivity (Wildman–Crippen MR) is 188 cm³/mol. The Labute approximate surface area is 263 Å². The summed E-state index contributed by atoms with van der Waals surface area (Å²) >= 11 is 3.67. The Morgan fingerprint density at radius 1 is 0.439 bits per heavy atom. The van der Waals surface area contributed by atoms with Gasteiger partial charge in [-0.1, -0.05) is 154 Å². The van der Waals surface area contributed by atoms with Crippen LogP contribution in [0.5, 0.6) is 11.5 Å². The van der Waals surface area contributed by atoms with Gasteiger partial charge in [0.15, 0.2) is 0 Å². The van der Waals surface area contributed by atoms with E-state index in [4.69, 9.17) is 4.74 Å². The molecule has 0 amide bonds. The van der Waals surface area contributed by atoms with Crippen molar-refractivity contribution in [3.63, 3.8) is 0 Å². The molecular weight excluding hydrogens is 537 g/mol. The van der Waals surface area contributed by atoms with Crippen molar-refractivity contribution in [2.45, 2.75) is 165 Å². The Hall–Kier alpha value is -1.06. The van der Waals surface area contributed by atoms with Crippen LogP contribution >= 0.6 is 23.5 Å². The number of hydrogen-bond acceptors (Lipinski definition) is 3. The number of rotatable bonds is 26. The highest BCUT2D eigenvalue weighted by Gasteiger charge is 2.14. The average Bonchev–Trinajstić information content (AvgIpc) is 2.99. The SMILES string of the molecule is CCCCCCCCCCCCc1cccc(Oc2cccc(CCCCCCCCCCCC)c2SC)c1SC. The van der Waals surface area contributed by atoms with E-state index in [0.29, 0.717) is 0 Å². The van der Waals surface area contributed by atoms with Gasteiger partial charge in [-0.25, -0.2) is 0 Å². The quantitative estimate of drug-likeness (QED) is 0.0787. The highest BCUT2D eigenvalue weighted by atomic mass is 32.2. The molecule has 0 saturated heterocycles. The maximum atomic E-state index is 6.66. The number of unbranched alkanes of at least 4 members (excludes halogenated alkanes) is 18. The molecule has 0 N–H and O–H groups in total. The van der Waals surface area contributed by atoms with E-state index in [2.05, 4.69) is 62.8 Å². The Kier molecular flexibility index (Phi) is 21.5. The molecule has 0 atom stereocenters. The minimum absolute atomic E-state index is 1.02. The zero-order valence-electron chi connectivity index (χ0n) is 27.2. The summed E-state index contributed by atoms with van der Waals surface area (Å²) < 4.78 is 6.66. The number of ether oxygens (including phenoxy) is 1. The van der Waals surface area contributed by atoms with Gasteiger partial charge in [-0.3, -0.25) is 0 Å². The second kappa shape index (κ2) is 24.4. The molecule has 0 fully saturated rings. The second-order valence-corrected chi connectivity index (χ2v) is 13.5. The van der Waals surface area contributed by atoms with Crippen LogP contribution in [0.1, 0.15) is 153 Å². The second-order valence-electron chi connectivity index (χ2n) is 11.9. The van der Waals surface area contributed by atoms with Crippen molar-refractivity contribution in [2.24, 2.45) is 0 Å². The highest BCUT2D eigenvalue weighted by molar-refractivity contribution is 7.99. The highest BCUT2D eigenvalue weighted by Crippen LogP contribution is 2.40. The van der Waals surface area contributed by atoms with E-state index in [-0.39, 0.29) is 0 Å². The van der Waals surface area contributed by atoms with Crippen molar-refractivity contribution in [1.82, 2.24) is 0 Å². The first kappa shape index (κ1) is 36.1. The maximum Gasteiger partial charge on any atom is 0.141 e. The molecule has 0 spiro atoms. The molecule has 3 heteroatoms. The summed E-state index contributed by atoms with van der Waals surface area (Å²) in [6.07, 6.45) is 34.4. The van der Waals surface area contributed by atoms with Gasteiger partial charge in [0.05, 0.1) is 9.79 Å². The Morgan fingerprint density at radius 2 is 0.756 bits per heavy atom. The first-order valence-corrected chi connectivity index (χ1v) is 19.7. The molecule has 0 aromatic heterocycles. The molecule has 0 bridgehead atoms. The van der Waals surface area contributed by atoms with E-state index in [1.54, 1.807) is 0 Å². The molecule has 2 aromatic rings. The van der Waals surface area contributed by atoms with Crippen molar-refractivity contribution >= 4 is 23.5 Å². The normalized spacial score (nSPS) is 11.3. The summed E-state index contributed by atoms with van der Waals surface area (Å²) in [6.45, 7) is 4.59. The summed E-state index contributed by atoms with van der Waals surface area (Å²) in [6, 6.07) is 13.3. The van der Waals surface area contributed by atoms with Gasteiger partial charge in [-0.05, 0) is 61.5 Å². The molecule has 0 aliphatic rings. The Balaban J connectivity index is 1.81. The van der Waals surface area contributed by atoms with Gasteiger partial charge in [-0.15, -0.1) is 23.5 Å². The summed E-state index contributed by atoms with van der Waals surface area (Å²) in [5, 5.41) is 0. The van der Waals surface area contributed by atoms with Crippen LogP contribution < -0.4 is 4.74 Å². The van der Waals surface area contributed by atoms with E-state index < -0.39 is 0 Å². The lowest BCUT2D eigenvalue weighted by Gasteiger charge is -2.17. The van der Waals surface area contributed by atoms with E-state index in [1.807, 2.05) is 23.5 Å². The number of thioether (sulfide) groups is 2. The van der Waals surface area contributed by atoms with Gasteiger partial charge in [-0.2, -0.15) is 0 Å². The van der Waals surface area contributed by atoms with Gasteiger partial charge >= 0.3 is 0 Å². The lowest BCUT2D eigenvalue weighted by molar-refractivity contribution is 0.456. The zero-order chi connectivity index (χ0) is 29.4. The van der Waals surface area contributed by atoms with Crippen LogP contribution in [0.25, 0.3) is 0 Å². The molecule has 0 saturated carbocycles. The molecule has 0 aliphatic heterocycles. The van der Waals surface area contributed by atoms with Gasteiger partial charge in [0.2, 0.25) is 0 Å². The molecule has 0 heterocycles. The fourth-order valence-electron chi connectivity index (χ4n) is 5.86. The van der Waals surface area contributed by atoms with E-state index >= 15 is 0 Å². The smallest absolute Gasteiger partial charge is 0.141 e. The molecule has 2 rings (SSSR count). The summed E-state index contributed by atoms with van der Waals surface area (Å²) in [5.74, 6) is 2.04. The third-order valence-corrected chi connectivity index (χ3v) is 10.1. The minimum Gasteiger partial charge on any atom is -0.455 e. The van der Waals surface area contributed by atoms with Crippen molar-refractivity contribution < 1.29 is 4.74 Å². The Morgan fingerprint density at radius 3 is 1.07 bits per heavy atom. The third kappa shape index (κ3) is 15.3. The molecule has 0 radical (unpaired) electrons. The molecule has 41 heavy (non-hydrogen) atoms. The maximum absolute atomic E-state index is 6.66. The molecule has 2 aromatic carbocycles. The van der Waals surface area contributed by atoms with Crippen LogP contribution in [-0.4, -0.2) is 12.5 Å². The van der Waals surface area contributed by atoms with Crippen LogP contribution in [0.2, 0.25) is 0 Å². The van der Waals surface area contributed by atoms with Crippen LogP contribution in [0.15, 0.2) is 46.2 Å². The number of benzene rings is 2. The lowest BCUT2D eigenvalue weighted by atomic mass is 10.0. The van der Waals surface area contributed by atoms with Crippen LogP contribution in [-0.2, 0) is 12.8 Å². The van der Waals surface area contributed by atoms with Crippen molar-refractivity contribution in [1.29, 1.82) is 0 Å². The average molecular weight is 599 g/mol. The third-order valence-electron chi connectivity index (χ3n) is 8.35. The number of aryl methyl sites for hydroxylation is 2. The van der Waals surface area contributed by atoms with Gasteiger partial charge in [0.1, 0.15) is 11.5 Å². The van der Waals surface area contributed by atoms with Crippen molar-refractivity contribution in [2.75, 3.05) is 12.5 Å². The van der Waals surface area contributed by atoms with Gasteiger partial charge in [0.25, 0.3) is 0 Å². The van der Waals surface area contributed by atoms with Gasteiger partial charge in [0, 0.05) is 0 Å². The molecule has 232 valence electrons. The molecular formula is C38H62OS2. The van der Waals surface area contributed by atoms with Crippen LogP contribution in [0, 0.1) is 0 Å². The van der Waals surface area contributed by atoms with Crippen LogP contribution in [0.4, 0.5) is 0 Å². The minimum atomic E-state index is 1.02. The predicted octanol–water partition coefficient (Wildman–Crippen LogP) is 13.8. The topological polar surface area (TPSA) is 9.23 Å². The van der Waals surface area contributed by atoms with E-state index in [1.165, 1.54) is 149 Å². The summed E-state index contributed by atoms with van der Waals surface area (Å²) in [5.41, 5.74) is 2.89. The first-order valence-electron chi connectivity index (χ1n) is 17.2. The van der Waals surface area contributed by atoms with Crippen molar-refractivity contribution in [3.05, 3.63) is 47.5 Å². The lowest BCUT2D eigenvalue weighted by Crippen LogP contribution is -1.97. The Bertz CT molecular complexity index is 836.